The molecule has 2 N–H and O–H groups in total. The molecule has 2 aromatic heterocycles. The molecule has 38 heavy (non-hydrogen) atoms. The lowest BCUT2D eigenvalue weighted by atomic mass is 9.94. The molecule has 2 aromatic carbocycles. The number of hydrogen-bond acceptors (Lipinski definition) is 6. The van der Waals surface area contributed by atoms with Gasteiger partial charge in [0.05, 0.1) is 23.1 Å². The Labute approximate surface area is 213 Å². The van der Waals surface area contributed by atoms with Crippen LogP contribution in [0.25, 0.3) is 22.2 Å². The number of alkyl halides is 5. The molecule has 7 nitrogen and oxygen atoms in total. The van der Waals surface area contributed by atoms with Gasteiger partial charge in [0, 0.05) is 23.5 Å². The van der Waals surface area contributed by atoms with E-state index < -0.39 is 36.5 Å². The van der Waals surface area contributed by atoms with E-state index in [1.165, 1.54) is 18.2 Å². The lowest BCUT2D eigenvalue weighted by Crippen LogP contribution is -2.36. The highest BCUT2D eigenvalue weighted by atomic mass is 19.4. The molecule has 2 aliphatic heterocycles. The molecule has 0 fully saturated rings. The van der Waals surface area contributed by atoms with E-state index in [1.807, 2.05) is 6.07 Å². The molecular formula is C26H22F5N5O2. The van der Waals surface area contributed by atoms with Crippen LogP contribution in [0.2, 0.25) is 0 Å². The first-order valence-corrected chi connectivity index (χ1v) is 11.9. The SMILES string of the molecule is CC(C)(O)c1ncc(-c2ccc3nc4n(c3c2)[C@@H]2C[C@H]4N[C@@H](C(F)(F)F)c3cccc(OC(F)F)c32)cn1. The minimum atomic E-state index is -4.66. The molecule has 0 unspecified atom stereocenters. The van der Waals surface area contributed by atoms with Crippen LogP contribution in [0.4, 0.5) is 22.0 Å². The van der Waals surface area contributed by atoms with Crippen LogP contribution in [-0.4, -0.2) is 37.4 Å². The van der Waals surface area contributed by atoms with Crippen LogP contribution < -0.4 is 10.1 Å². The number of nitrogens with zero attached hydrogens (tertiary/aromatic N) is 4. The summed E-state index contributed by atoms with van der Waals surface area (Å²) in [6.07, 6.45) is -1.33. The Kier molecular flexibility index (Phi) is 5.48. The zero-order valence-corrected chi connectivity index (χ0v) is 20.2. The molecule has 0 spiro atoms. The first kappa shape index (κ1) is 24.7. The van der Waals surface area contributed by atoms with Crippen molar-refractivity contribution in [2.45, 2.75) is 56.8 Å². The van der Waals surface area contributed by atoms with Gasteiger partial charge in [-0.15, -0.1) is 0 Å². The molecule has 0 amide bonds. The van der Waals surface area contributed by atoms with Gasteiger partial charge in [0.25, 0.3) is 0 Å². The van der Waals surface area contributed by atoms with Crippen molar-refractivity contribution in [1.29, 1.82) is 0 Å². The highest BCUT2D eigenvalue weighted by molar-refractivity contribution is 5.83. The van der Waals surface area contributed by atoms with Gasteiger partial charge in [-0.1, -0.05) is 18.2 Å². The monoisotopic (exact) mass is 531 g/mol. The maximum Gasteiger partial charge on any atom is 0.407 e. The molecule has 12 heteroatoms. The Morgan fingerprint density at radius 2 is 1.82 bits per heavy atom. The minimum Gasteiger partial charge on any atom is -0.434 e. The third kappa shape index (κ3) is 3.99. The Morgan fingerprint density at radius 3 is 2.47 bits per heavy atom. The third-order valence-corrected chi connectivity index (χ3v) is 6.99. The number of nitrogens with one attached hydrogen (secondary N) is 1. The van der Waals surface area contributed by atoms with Crippen molar-refractivity contribution >= 4 is 11.0 Å². The number of halogens is 5. The van der Waals surface area contributed by atoms with Crippen LogP contribution in [0, 0.1) is 0 Å². The summed E-state index contributed by atoms with van der Waals surface area (Å²) in [7, 11) is 0. The second-order valence-electron chi connectivity index (χ2n) is 9.98. The predicted octanol–water partition coefficient (Wildman–Crippen LogP) is 5.56. The van der Waals surface area contributed by atoms with E-state index >= 15 is 0 Å². The minimum absolute atomic E-state index is 0.0615. The molecule has 0 aliphatic carbocycles. The Bertz CT molecular complexity index is 1530. The first-order valence-electron chi connectivity index (χ1n) is 11.9. The van der Waals surface area contributed by atoms with E-state index in [9.17, 15) is 27.1 Å². The van der Waals surface area contributed by atoms with Crippen molar-refractivity contribution in [2.75, 3.05) is 0 Å². The quantitative estimate of drug-likeness (QED) is 0.336. The maximum atomic E-state index is 14.1. The fourth-order valence-electron chi connectivity index (χ4n) is 5.41. The summed E-state index contributed by atoms with van der Waals surface area (Å²) < 4.78 is 75.5. The highest BCUT2D eigenvalue weighted by Gasteiger charge is 2.50. The van der Waals surface area contributed by atoms with Crippen LogP contribution >= 0.6 is 0 Å². The van der Waals surface area contributed by atoms with E-state index in [0.717, 1.165) is 5.56 Å². The summed E-state index contributed by atoms with van der Waals surface area (Å²) >= 11 is 0. The Hall–Kier alpha value is -3.64. The van der Waals surface area contributed by atoms with Gasteiger partial charge in [-0.25, -0.2) is 15.0 Å². The normalized spacial score (nSPS) is 20.9. The molecule has 3 atom stereocenters. The highest BCUT2D eigenvalue weighted by Crippen LogP contribution is 2.52. The van der Waals surface area contributed by atoms with Crippen molar-refractivity contribution in [3.05, 3.63) is 71.6 Å². The molecule has 0 radical (unpaired) electrons. The van der Waals surface area contributed by atoms with Crippen molar-refractivity contribution in [2.24, 2.45) is 0 Å². The van der Waals surface area contributed by atoms with Crippen molar-refractivity contribution in [3.8, 4) is 16.9 Å². The molecule has 4 aromatic rings. The van der Waals surface area contributed by atoms with Crippen LogP contribution in [0.5, 0.6) is 5.75 Å². The van der Waals surface area contributed by atoms with Gasteiger partial charge in [0.2, 0.25) is 0 Å². The fourth-order valence-corrected chi connectivity index (χ4v) is 5.41. The van der Waals surface area contributed by atoms with Crippen LogP contribution in [-0.2, 0) is 5.60 Å². The Morgan fingerprint density at radius 1 is 1.08 bits per heavy atom. The van der Waals surface area contributed by atoms with Crippen molar-refractivity contribution in [3.63, 3.8) is 0 Å². The number of aromatic nitrogens is 4. The molecule has 198 valence electrons. The van der Waals surface area contributed by atoms with Gasteiger partial charge in [-0.2, -0.15) is 22.0 Å². The largest absolute Gasteiger partial charge is 0.434 e. The van der Waals surface area contributed by atoms with Crippen LogP contribution in [0.15, 0.2) is 48.8 Å². The van der Waals surface area contributed by atoms with Gasteiger partial charge in [-0.3, -0.25) is 5.32 Å². The van der Waals surface area contributed by atoms with E-state index in [2.05, 4.69) is 20.3 Å². The summed E-state index contributed by atoms with van der Waals surface area (Å²) in [5, 5.41) is 12.8. The van der Waals surface area contributed by atoms with E-state index in [1.54, 1.807) is 42.9 Å². The number of hydrogen-bond donors (Lipinski definition) is 2. The third-order valence-electron chi connectivity index (χ3n) is 6.99. The number of ether oxygens (including phenoxy) is 1. The first-order chi connectivity index (χ1) is 17.9. The average Bonchev–Trinajstić information content (AvgIpc) is 3.31. The molecule has 2 bridgehead atoms. The topological polar surface area (TPSA) is 85.1 Å². The number of imidazole rings is 1. The number of fused-ring (bicyclic) bond motifs is 9. The fraction of sp³-hybridized carbons (Fsp3) is 0.346. The second kappa shape index (κ2) is 8.43. The molecule has 2 aliphatic rings. The number of rotatable bonds is 4. The summed E-state index contributed by atoms with van der Waals surface area (Å²) in [4.78, 5) is 13.1. The lowest BCUT2D eigenvalue weighted by Gasteiger charge is -2.28. The molecule has 0 saturated heterocycles. The van der Waals surface area contributed by atoms with Gasteiger partial charge in [0.15, 0.2) is 5.82 Å². The van der Waals surface area contributed by atoms with E-state index in [0.29, 0.717) is 22.4 Å². The summed E-state index contributed by atoms with van der Waals surface area (Å²) in [6, 6.07) is 5.68. The zero-order chi connectivity index (χ0) is 27.0. The van der Waals surface area contributed by atoms with Gasteiger partial charge in [-0.05, 0) is 49.6 Å². The summed E-state index contributed by atoms with van der Waals surface area (Å²) in [5.41, 5.74) is 1.26. The molecular weight excluding hydrogens is 509 g/mol. The summed E-state index contributed by atoms with van der Waals surface area (Å²) in [6.45, 7) is -0.0478. The van der Waals surface area contributed by atoms with Gasteiger partial charge < -0.3 is 14.4 Å². The predicted molar refractivity (Wildman–Crippen MR) is 127 cm³/mol. The smallest absolute Gasteiger partial charge is 0.407 e. The molecule has 4 heterocycles. The molecule has 0 saturated carbocycles. The maximum absolute atomic E-state index is 14.1. The van der Waals surface area contributed by atoms with Crippen LogP contribution in [0.3, 0.4) is 0 Å². The standard InChI is InChI=1S/C26H22F5N5O2/c1-25(2,37)23-32-10-13(11-33-23)12-6-7-15-17(8-12)36-18-9-16(22(36)35-15)34-21(26(29,30)31)14-4-3-5-19(20(14)18)38-24(27)28/h3-8,10-11,16,18,21,24,34,37H,9H2,1-2H3/t16-,18-,21-/m1/s1. The van der Waals surface area contributed by atoms with Crippen LogP contribution in [0.1, 0.15) is 61.2 Å². The number of benzene rings is 2. The van der Waals surface area contributed by atoms with Crippen molar-refractivity contribution in [1.82, 2.24) is 24.8 Å². The Balaban J connectivity index is 1.51. The van der Waals surface area contributed by atoms with Crippen molar-refractivity contribution < 1.29 is 31.8 Å². The summed E-state index contributed by atoms with van der Waals surface area (Å²) in [5.74, 6) is 0.356. The van der Waals surface area contributed by atoms with Gasteiger partial charge in [0.1, 0.15) is 23.2 Å². The average molecular weight is 531 g/mol. The molecule has 6 rings (SSSR count). The van der Waals surface area contributed by atoms with Gasteiger partial charge >= 0.3 is 12.8 Å². The van der Waals surface area contributed by atoms with E-state index in [4.69, 9.17) is 4.74 Å². The number of aliphatic hydroxyl groups is 1. The van der Waals surface area contributed by atoms with E-state index in [-0.39, 0.29) is 29.1 Å². The zero-order valence-electron chi connectivity index (χ0n) is 20.2. The second-order valence-corrected chi connectivity index (χ2v) is 9.98. The lowest BCUT2D eigenvalue weighted by molar-refractivity contribution is -0.159.